The number of aliphatic carboxylic acids is 1. The fourth-order valence-electron chi connectivity index (χ4n) is 0. The number of carboxylic acids is 1. The van der Waals surface area contributed by atoms with Gasteiger partial charge in [0.2, 0.25) is 0 Å². The van der Waals surface area contributed by atoms with Gasteiger partial charge in [-0.2, -0.15) is 12.6 Å². The molecule has 0 rings (SSSR count). The van der Waals surface area contributed by atoms with Crippen LogP contribution in [0.15, 0.2) is 0 Å². The van der Waals surface area contributed by atoms with Crippen LogP contribution in [0, 0.1) is 0 Å². The van der Waals surface area contributed by atoms with Crippen LogP contribution >= 0.6 is 12.6 Å². The van der Waals surface area contributed by atoms with Crippen molar-refractivity contribution in [2.45, 2.75) is 11.8 Å². The molecule has 0 saturated heterocycles. The van der Waals surface area contributed by atoms with Crippen LogP contribution in [0.4, 0.5) is 0 Å². The molecular weight excluding hydrogens is 137 g/mol. The molecule has 1 unspecified atom stereocenters. The summed E-state index contributed by atoms with van der Waals surface area (Å²) in [7, 11) is 0. The molecule has 3 nitrogen and oxygen atoms in total. The second-order valence-corrected chi connectivity index (χ2v) is 2.36. The number of rotatable bonds is 1. The molecule has 0 aromatic rings. The summed E-state index contributed by atoms with van der Waals surface area (Å²) in [5.41, 5.74) is 4.88. The molecule has 0 aromatic carbocycles. The van der Waals surface area contributed by atoms with Crippen LogP contribution in [0.25, 0.3) is 0 Å². The third-order valence-electron chi connectivity index (χ3n) is 0.413. The van der Waals surface area contributed by atoms with E-state index >= 15 is 0 Å². The number of thiol groups is 1. The van der Waals surface area contributed by atoms with Gasteiger partial charge in [-0.1, -0.05) is 0 Å². The predicted octanol–water partition coefficient (Wildman–Crippen LogP) is -4.65. The molecule has 0 saturated carbocycles. The van der Waals surface area contributed by atoms with Crippen molar-refractivity contribution in [3.63, 3.8) is 0 Å². The van der Waals surface area contributed by atoms with E-state index in [2.05, 4.69) is 12.6 Å². The molecule has 5 heteroatoms. The van der Waals surface area contributed by atoms with E-state index in [0.29, 0.717) is 0 Å². The summed E-state index contributed by atoms with van der Waals surface area (Å²) in [4.78, 5) is 8.21. The SMILES string of the molecule is CC(N)(S)C(=O)[O-].[Na+]. The van der Waals surface area contributed by atoms with Gasteiger partial charge in [-0.15, -0.1) is 0 Å². The molecule has 0 aromatic heterocycles. The molecule has 0 fully saturated rings. The zero-order valence-electron chi connectivity index (χ0n) is 4.84. The maximum absolute atomic E-state index is 9.71. The average molecular weight is 143 g/mol. The van der Waals surface area contributed by atoms with Gasteiger partial charge in [0.15, 0.2) is 0 Å². The summed E-state index contributed by atoms with van der Waals surface area (Å²) < 4.78 is 0. The molecular formula is C3H6NNaO2S. The zero-order valence-corrected chi connectivity index (χ0v) is 7.74. The van der Waals surface area contributed by atoms with E-state index in [1.54, 1.807) is 0 Å². The molecule has 8 heavy (non-hydrogen) atoms. The summed E-state index contributed by atoms with van der Waals surface area (Å²) in [6, 6.07) is 0. The van der Waals surface area contributed by atoms with Crippen LogP contribution in [0.3, 0.4) is 0 Å². The average Bonchev–Trinajstić information content (AvgIpc) is 1.31. The molecule has 42 valence electrons. The van der Waals surface area contributed by atoms with Crippen LogP contribution in [-0.4, -0.2) is 10.8 Å². The molecule has 0 aliphatic rings. The Morgan fingerprint density at radius 1 is 1.88 bits per heavy atom. The third kappa shape index (κ3) is 4.93. The van der Waals surface area contributed by atoms with Gasteiger partial charge in [0.1, 0.15) is 0 Å². The Hall–Kier alpha value is 0.780. The maximum atomic E-state index is 9.71. The Morgan fingerprint density at radius 3 is 2.00 bits per heavy atom. The molecule has 0 aliphatic heterocycles. The van der Waals surface area contributed by atoms with Gasteiger partial charge in [0.25, 0.3) is 0 Å². The van der Waals surface area contributed by atoms with Gasteiger partial charge < -0.3 is 15.6 Å². The van der Waals surface area contributed by atoms with E-state index in [1.807, 2.05) is 0 Å². The fraction of sp³-hybridized carbons (Fsp3) is 0.667. The first-order valence-corrected chi connectivity index (χ1v) is 2.12. The minimum Gasteiger partial charge on any atom is -0.547 e. The minimum atomic E-state index is -1.50. The predicted molar refractivity (Wildman–Crippen MR) is 26.6 cm³/mol. The van der Waals surface area contributed by atoms with E-state index in [9.17, 15) is 9.90 Å². The third-order valence-corrected chi connectivity index (χ3v) is 0.596. The monoisotopic (exact) mass is 143 g/mol. The van der Waals surface area contributed by atoms with Gasteiger partial charge in [0, 0.05) is 0 Å². The first-order valence-electron chi connectivity index (χ1n) is 1.67. The summed E-state index contributed by atoms with van der Waals surface area (Å²) in [5, 5.41) is 9.71. The maximum Gasteiger partial charge on any atom is 1.00 e. The van der Waals surface area contributed by atoms with E-state index in [-0.39, 0.29) is 29.6 Å². The number of carbonyl (C=O) groups is 1. The molecule has 2 N–H and O–H groups in total. The van der Waals surface area contributed by atoms with Crippen molar-refractivity contribution in [1.29, 1.82) is 0 Å². The number of nitrogens with two attached hydrogens (primary N) is 1. The number of hydrogen-bond acceptors (Lipinski definition) is 4. The minimum absolute atomic E-state index is 0. The Bertz CT molecular complexity index is 89.8. The normalized spacial score (nSPS) is 15.9. The molecule has 0 bridgehead atoms. The van der Waals surface area contributed by atoms with E-state index in [4.69, 9.17) is 5.73 Å². The molecule has 0 amide bonds. The van der Waals surface area contributed by atoms with Crippen LogP contribution in [0.5, 0.6) is 0 Å². The van der Waals surface area contributed by atoms with Crippen LogP contribution in [0.1, 0.15) is 6.92 Å². The number of carboxylic acid groups (broad SMARTS) is 1. The topological polar surface area (TPSA) is 66.2 Å². The van der Waals surface area contributed by atoms with Crippen molar-refractivity contribution in [3.05, 3.63) is 0 Å². The Kier molecular flexibility index (Phi) is 5.40. The molecule has 1 atom stereocenters. The van der Waals surface area contributed by atoms with Crippen molar-refractivity contribution in [3.8, 4) is 0 Å². The molecule has 0 heterocycles. The van der Waals surface area contributed by atoms with Gasteiger partial charge >= 0.3 is 29.6 Å². The summed E-state index contributed by atoms with van der Waals surface area (Å²) >= 11 is 3.47. The van der Waals surface area contributed by atoms with Crippen LogP contribution in [-0.2, 0) is 4.79 Å². The van der Waals surface area contributed by atoms with E-state index in [1.165, 1.54) is 6.92 Å². The first kappa shape index (κ1) is 11.6. The van der Waals surface area contributed by atoms with Gasteiger partial charge in [-0.3, -0.25) is 0 Å². The van der Waals surface area contributed by atoms with E-state index < -0.39 is 10.8 Å². The second-order valence-electron chi connectivity index (χ2n) is 1.43. The summed E-state index contributed by atoms with van der Waals surface area (Å²) in [6.07, 6.45) is 0. The van der Waals surface area contributed by atoms with E-state index in [0.717, 1.165) is 0 Å². The van der Waals surface area contributed by atoms with Crippen molar-refractivity contribution >= 4 is 18.6 Å². The Morgan fingerprint density at radius 2 is 2.00 bits per heavy atom. The molecule has 0 radical (unpaired) electrons. The number of hydrogen-bond donors (Lipinski definition) is 2. The largest absolute Gasteiger partial charge is 1.00 e. The Balaban J connectivity index is 0. The van der Waals surface area contributed by atoms with Gasteiger partial charge in [-0.05, 0) is 6.92 Å². The fourth-order valence-corrected chi connectivity index (χ4v) is 0. The van der Waals surface area contributed by atoms with Crippen LogP contribution in [0.2, 0.25) is 0 Å². The molecule has 0 aliphatic carbocycles. The summed E-state index contributed by atoms with van der Waals surface area (Å²) in [5.74, 6) is -1.36. The standard InChI is InChI=1S/C3H7NO2S.Na/c1-3(4,7)2(5)6;/h7H,4H2,1H3,(H,5,6);/q;+1/p-1. The smallest absolute Gasteiger partial charge is 0.547 e. The Labute approximate surface area is 75.3 Å². The van der Waals surface area contributed by atoms with Crippen LogP contribution < -0.4 is 40.4 Å². The van der Waals surface area contributed by atoms with Crippen molar-refractivity contribution < 1.29 is 39.5 Å². The quantitative estimate of drug-likeness (QED) is 0.220. The van der Waals surface area contributed by atoms with Gasteiger partial charge in [0.05, 0.1) is 10.8 Å². The molecule has 0 spiro atoms. The zero-order chi connectivity index (χ0) is 6.08. The van der Waals surface area contributed by atoms with Crippen molar-refractivity contribution in [2.75, 3.05) is 0 Å². The van der Waals surface area contributed by atoms with Gasteiger partial charge in [-0.25, -0.2) is 0 Å². The second kappa shape index (κ2) is 3.74. The van der Waals surface area contributed by atoms with Crippen molar-refractivity contribution in [2.24, 2.45) is 5.73 Å². The summed E-state index contributed by atoms with van der Waals surface area (Å²) in [6.45, 7) is 1.24. The first-order chi connectivity index (χ1) is 2.94. The number of carbonyl (C=O) groups excluding carboxylic acids is 1. The van der Waals surface area contributed by atoms with Crippen molar-refractivity contribution in [1.82, 2.24) is 0 Å².